The average Bonchev–Trinajstić information content (AvgIpc) is 3.11. The summed E-state index contributed by atoms with van der Waals surface area (Å²) in [5.41, 5.74) is 5.04. The summed E-state index contributed by atoms with van der Waals surface area (Å²) in [6, 6.07) is 0. The van der Waals surface area contributed by atoms with E-state index in [9.17, 15) is 9.59 Å². The van der Waals surface area contributed by atoms with Gasteiger partial charge < -0.3 is 55.9 Å². The van der Waals surface area contributed by atoms with Gasteiger partial charge in [0.15, 0.2) is 12.1 Å². The highest BCUT2D eigenvalue weighted by atomic mass is 31.2. The summed E-state index contributed by atoms with van der Waals surface area (Å²) in [4.78, 5) is 48.6. The number of phosphoric acid groups is 1. The molecule has 14 nitrogen and oxygen atoms in total. The summed E-state index contributed by atoms with van der Waals surface area (Å²) in [6.45, 7) is 2.35. The van der Waals surface area contributed by atoms with Crippen molar-refractivity contribution in [2.75, 3.05) is 18.5 Å². The molecule has 3 atom stereocenters. The molecule has 0 fully saturated rings. The molecule has 1 aromatic rings. The molecule has 0 aliphatic carbocycles. The molecule has 11 N–H and O–H groups in total. The number of aromatic amines is 1. The van der Waals surface area contributed by atoms with Gasteiger partial charge in [-0.2, -0.15) is 0 Å². The minimum absolute atomic E-state index is 0.0869. The first kappa shape index (κ1) is 29.3. The maximum atomic E-state index is 10.7. The Morgan fingerprint density at radius 3 is 2.24 bits per heavy atom. The van der Waals surface area contributed by atoms with Gasteiger partial charge >= 0.3 is 7.82 Å². The van der Waals surface area contributed by atoms with Crippen molar-refractivity contribution in [3.63, 3.8) is 0 Å². The molecule has 0 aliphatic heterocycles. The standard InChI is InChI=1S/C9H16N4O.C5H10O5.H3O4P/c1-2-3-4-5-11-7-6-12-9(13-7)8(10)14;6-1-3(8)5(10)4(9)2-7;1-5(2,3)4/h6,11H,2-5H2,1H3,(H2,10,14)(H,12,13);1,3-5,7-10H,2H2;(H3,1,2,3,4). The van der Waals surface area contributed by atoms with Crippen LogP contribution in [0.5, 0.6) is 0 Å². The van der Waals surface area contributed by atoms with Gasteiger partial charge in [0.25, 0.3) is 5.91 Å². The number of H-pyrrole nitrogens is 1. The second-order valence-corrected chi connectivity index (χ2v) is 6.55. The topological polar surface area (TPSA) is 260 Å². The first-order chi connectivity index (χ1) is 13.4. The van der Waals surface area contributed by atoms with E-state index in [4.69, 9.17) is 45.4 Å². The average molecular weight is 444 g/mol. The van der Waals surface area contributed by atoms with Crippen LogP contribution in [0.4, 0.5) is 5.82 Å². The lowest BCUT2D eigenvalue weighted by Gasteiger charge is -2.16. The largest absolute Gasteiger partial charge is 0.466 e. The summed E-state index contributed by atoms with van der Waals surface area (Å²) >= 11 is 0. The number of aliphatic hydroxyl groups is 4. The number of anilines is 1. The predicted octanol–water partition coefficient (Wildman–Crippen LogP) is -2.56. The molecule has 170 valence electrons. The molecule has 1 aromatic heterocycles. The van der Waals surface area contributed by atoms with Crippen LogP contribution in [-0.4, -0.2) is 88.7 Å². The Hall–Kier alpha value is -1.90. The van der Waals surface area contributed by atoms with Crippen molar-refractivity contribution in [1.82, 2.24) is 9.97 Å². The number of hydrogen-bond acceptors (Lipinski definition) is 9. The molecule has 0 spiro atoms. The van der Waals surface area contributed by atoms with Gasteiger partial charge in [-0.3, -0.25) is 4.79 Å². The highest BCUT2D eigenvalue weighted by Gasteiger charge is 2.22. The van der Waals surface area contributed by atoms with Crippen LogP contribution in [0.1, 0.15) is 36.8 Å². The van der Waals surface area contributed by atoms with Gasteiger partial charge in [0.05, 0.1) is 12.8 Å². The highest BCUT2D eigenvalue weighted by Crippen LogP contribution is 2.25. The first-order valence-electron chi connectivity index (χ1n) is 8.34. The fraction of sp³-hybridized carbons (Fsp3) is 0.643. The molecule has 1 heterocycles. The summed E-state index contributed by atoms with van der Waals surface area (Å²) in [5.74, 6) is 0.407. The van der Waals surface area contributed by atoms with Crippen LogP contribution >= 0.6 is 7.82 Å². The lowest BCUT2D eigenvalue weighted by Crippen LogP contribution is -2.40. The van der Waals surface area contributed by atoms with Crippen LogP contribution in [0.25, 0.3) is 0 Å². The van der Waals surface area contributed by atoms with Gasteiger partial charge in [0.2, 0.25) is 0 Å². The molecule has 1 amide bonds. The molecule has 0 saturated carbocycles. The van der Waals surface area contributed by atoms with Crippen LogP contribution in [0.15, 0.2) is 6.20 Å². The third-order valence-corrected chi connectivity index (χ3v) is 2.98. The monoisotopic (exact) mass is 444 g/mol. The molecular weight excluding hydrogens is 415 g/mol. The number of imidazole rings is 1. The molecule has 15 heteroatoms. The Morgan fingerprint density at radius 2 is 1.86 bits per heavy atom. The summed E-state index contributed by atoms with van der Waals surface area (Å²) in [5, 5.41) is 37.2. The summed E-state index contributed by atoms with van der Waals surface area (Å²) in [6.07, 6.45) is 0.447. The number of unbranched alkanes of at least 4 members (excludes halogenated alkanes) is 2. The van der Waals surface area contributed by atoms with Gasteiger partial charge in [-0.1, -0.05) is 19.8 Å². The molecule has 1 rings (SSSR count). The molecule has 0 radical (unpaired) electrons. The van der Waals surface area contributed by atoms with E-state index in [-0.39, 0.29) is 12.1 Å². The zero-order chi connectivity index (χ0) is 23.0. The maximum absolute atomic E-state index is 10.7. The number of amides is 1. The lowest BCUT2D eigenvalue weighted by molar-refractivity contribution is -0.127. The van der Waals surface area contributed by atoms with Crippen LogP contribution in [0, 0.1) is 0 Å². The molecule has 0 bridgehead atoms. The number of aldehydes is 1. The number of carbonyl (C=O) groups is 2. The Bertz CT molecular complexity index is 615. The van der Waals surface area contributed by atoms with Crippen molar-refractivity contribution in [3.8, 4) is 0 Å². The smallest absolute Gasteiger partial charge is 0.394 e. The van der Waals surface area contributed by atoms with Gasteiger partial charge in [-0.15, -0.1) is 0 Å². The number of nitrogens with one attached hydrogen (secondary N) is 2. The van der Waals surface area contributed by atoms with Gasteiger partial charge in [-0.05, 0) is 6.42 Å². The SMILES string of the molecule is CCCCCNc1cnc(C(N)=O)[nH]1.O=CC(O)C(O)C(O)CO.O=P(O)(O)O. The fourth-order valence-corrected chi connectivity index (χ4v) is 1.55. The number of carbonyl (C=O) groups excluding carboxylic acids is 2. The van der Waals surface area contributed by atoms with E-state index in [1.807, 2.05) is 0 Å². The first-order valence-corrected chi connectivity index (χ1v) is 9.91. The van der Waals surface area contributed by atoms with Crippen molar-refractivity contribution >= 4 is 25.8 Å². The van der Waals surface area contributed by atoms with E-state index in [1.54, 1.807) is 6.20 Å². The molecular formula is C14H29N4O10P. The van der Waals surface area contributed by atoms with Crippen LogP contribution < -0.4 is 11.1 Å². The molecule has 3 unspecified atom stereocenters. The van der Waals surface area contributed by atoms with Crippen molar-refractivity contribution in [2.24, 2.45) is 5.73 Å². The number of primary amides is 1. The second-order valence-electron chi connectivity index (χ2n) is 5.52. The van der Waals surface area contributed by atoms with Crippen molar-refractivity contribution < 1.29 is 49.3 Å². The van der Waals surface area contributed by atoms with Crippen molar-refractivity contribution in [3.05, 3.63) is 12.0 Å². The number of rotatable bonds is 10. The van der Waals surface area contributed by atoms with Crippen molar-refractivity contribution in [1.29, 1.82) is 0 Å². The molecule has 0 aliphatic rings. The highest BCUT2D eigenvalue weighted by molar-refractivity contribution is 7.45. The van der Waals surface area contributed by atoms with Crippen LogP contribution in [-0.2, 0) is 9.36 Å². The van der Waals surface area contributed by atoms with E-state index in [1.165, 1.54) is 12.8 Å². The van der Waals surface area contributed by atoms with Gasteiger partial charge in [0.1, 0.15) is 24.1 Å². The van der Waals surface area contributed by atoms with E-state index in [2.05, 4.69) is 22.2 Å². The Morgan fingerprint density at radius 1 is 1.31 bits per heavy atom. The second kappa shape index (κ2) is 16.0. The zero-order valence-corrected chi connectivity index (χ0v) is 16.6. The number of nitrogens with two attached hydrogens (primary N) is 1. The van der Waals surface area contributed by atoms with E-state index >= 15 is 0 Å². The summed E-state index contributed by atoms with van der Waals surface area (Å²) in [7, 11) is -4.64. The normalized spacial score (nSPS) is 13.7. The number of hydrogen-bond donors (Lipinski definition) is 10. The van der Waals surface area contributed by atoms with E-state index in [0.29, 0.717) is 0 Å². The van der Waals surface area contributed by atoms with E-state index in [0.717, 1.165) is 18.8 Å². The minimum Gasteiger partial charge on any atom is -0.394 e. The number of nitrogens with zero attached hydrogens (tertiary/aromatic N) is 1. The predicted molar refractivity (Wildman–Crippen MR) is 101 cm³/mol. The van der Waals surface area contributed by atoms with Crippen LogP contribution in [0.3, 0.4) is 0 Å². The maximum Gasteiger partial charge on any atom is 0.466 e. The Balaban J connectivity index is 0. The molecule has 0 saturated heterocycles. The van der Waals surface area contributed by atoms with Crippen LogP contribution in [0.2, 0.25) is 0 Å². The molecule has 29 heavy (non-hydrogen) atoms. The van der Waals surface area contributed by atoms with E-state index < -0.39 is 38.6 Å². The fourth-order valence-electron chi connectivity index (χ4n) is 1.55. The minimum atomic E-state index is -4.64. The Kier molecular flexibility index (Phi) is 16.1. The van der Waals surface area contributed by atoms with Crippen molar-refractivity contribution in [2.45, 2.75) is 44.5 Å². The zero-order valence-electron chi connectivity index (χ0n) is 15.7. The number of aromatic nitrogens is 2. The third-order valence-electron chi connectivity index (χ3n) is 2.98. The number of aliphatic hydroxyl groups excluding tert-OH is 4. The van der Waals surface area contributed by atoms with Gasteiger partial charge in [0, 0.05) is 6.54 Å². The van der Waals surface area contributed by atoms with Gasteiger partial charge in [-0.25, -0.2) is 9.55 Å². The molecule has 0 aromatic carbocycles. The Labute approximate surface area is 166 Å². The quantitative estimate of drug-likeness (QED) is 0.101. The summed E-state index contributed by atoms with van der Waals surface area (Å²) < 4.78 is 8.88. The lowest BCUT2D eigenvalue weighted by atomic mass is 10.1. The third kappa shape index (κ3) is 17.9.